The van der Waals surface area contributed by atoms with E-state index >= 15 is 0 Å². The maximum absolute atomic E-state index is 5.30. The summed E-state index contributed by atoms with van der Waals surface area (Å²) in [5, 5.41) is 0. The van der Waals surface area contributed by atoms with Crippen molar-refractivity contribution in [2.45, 2.75) is 34.1 Å². The van der Waals surface area contributed by atoms with E-state index in [1.165, 1.54) is 0 Å². The zero-order valence-corrected chi connectivity index (χ0v) is 8.68. The van der Waals surface area contributed by atoms with Gasteiger partial charge in [0.25, 0.3) is 0 Å². The van der Waals surface area contributed by atoms with Crippen LogP contribution in [0.25, 0.3) is 0 Å². The molecule has 0 aromatic rings. The summed E-state index contributed by atoms with van der Waals surface area (Å²) >= 11 is 0. The minimum Gasteiger partial charge on any atom is -0.369 e. The van der Waals surface area contributed by atoms with Crippen molar-refractivity contribution >= 4 is 0 Å². The molecule has 0 atom stereocenters. The third kappa shape index (κ3) is 9.52. The molecular formula is C11H20O. The fourth-order valence-electron chi connectivity index (χ4n) is 0.673. The minimum atomic E-state index is 0.588. The molecule has 0 heterocycles. The predicted molar refractivity (Wildman–Crippen MR) is 52.9 cm³/mol. The number of hydrogen-bond acceptors (Lipinski definition) is 1. The summed E-state index contributed by atoms with van der Waals surface area (Å²) in [7, 11) is 0. The Morgan fingerprint density at radius 3 is 2.17 bits per heavy atom. The molecule has 12 heavy (non-hydrogen) atoms. The molecule has 0 unspecified atom stereocenters. The maximum atomic E-state index is 5.30. The van der Waals surface area contributed by atoms with E-state index in [-0.39, 0.29) is 0 Å². The van der Waals surface area contributed by atoms with Crippen LogP contribution in [0.5, 0.6) is 0 Å². The van der Waals surface area contributed by atoms with Gasteiger partial charge in [0.05, 0.1) is 6.61 Å². The Kier molecular flexibility index (Phi) is 6.90. The van der Waals surface area contributed by atoms with Gasteiger partial charge in [-0.3, -0.25) is 0 Å². The van der Waals surface area contributed by atoms with E-state index in [1.807, 2.05) is 0 Å². The van der Waals surface area contributed by atoms with E-state index < -0.39 is 0 Å². The monoisotopic (exact) mass is 168 g/mol. The lowest BCUT2D eigenvalue weighted by Gasteiger charge is -2.01. The van der Waals surface area contributed by atoms with E-state index in [4.69, 9.17) is 4.74 Å². The molecule has 0 bridgehead atoms. The SMILES string of the molecule is CC(C)CC#CCOCC(C)C. The van der Waals surface area contributed by atoms with Crippen LogP contribution >= 0.6 is 0 Å². The van der Waals surface area contributed by atoms with Gasteiger partial charge in [-0.2, -0.15) is 0 Å². The van der Waals surface area contributed by atoms with E-state index in [0.29, 0.717) is 18.4 Å². The van der Waals surface area contributed by atoms with Gasteiger partial charge in [0.15, 0.2) is 0 Å². The highest BCUT2D eigenvalue weighted by molar-refractivity contribution is 4.99. The average Bonchev–Trinajstić information content (AvgIpc) is 1.95. The Morgan fingerprint density at radius 2 is 1.67 bits per heavy atom. The van der Waals surface area contributed by atoms with Crippen molar-refractivity contribution in [1.82, 2.24) is 0 Å². The quantitative estimate of drug-likeness (QED) is 0.463. The van der Waals surface area contributed by atoms with Crippen molar-refractivity contribution in [2.75, 3.05) is 13.2 Å². The van der Waals surface area contributed by atoms with Crippen LogP contribution < -0.4 is 0 Å². The smallest absolute Gasteiger partial charge is 0.107 e. The summed E-state index contributed by atoms with van der Waals surface area (Å²) in [6.45, 7) is 10.0. The first-order chi connectivity index (χ1) is 5.63. The molecule has 0 radical (unpaired) electrons. The fraction of sp³-hybridized carbons (Fsp3) is 0.818. The number of ether oxygens (including phenoxy) is 1. The number of hydrogen-bond donors (Lipinski definition) is 0. The van der Waals surface area contributed by atoms with E-state index in [9.17, 15) is 0 Å². The summed E-state index contributed by atoms with van der Waals surface area (Å²) in [4.78, 5) is 0. The summed E-state index contributed by atoms with van der Waals surface area (Å²) in [5.74, 6) is 7.36. The number of rotatable bonds is 4. The molecule has 0 rings (SSSR count). The highest BCUT2D eigenvalue weighted by Crippen LogP contribution is 1.95. The van der Waals surface area contributed by atoms with Crippen molar-refractivity contribution in [3.05, 3.63) is 0 Å². The molecule has 0 aliphatic heterocycles. The lowest BCUT2D eigenvalue weighted by molar-refractivity contribution is 0.139. The Labute approximate surface area is 76.5 Å². The topological polar surface area (TPSA) is 9.23 Å². The molecular weight excluding hydrogens is 148 g/mol. The molecule has 0 fully saturated rings. The molecule has 70 valence electrons. The normalized spacial score (nSPS) is 10.2. The van der Waals surface area contributed by atoms with Crippen LogP contribution in [0.15, 0.2) is 0 Å². The molecule has 0 aliphatic rings. The molecule has 1 heteroatoms. The first-order valence-corrected chi connectivity index (χ1v) is 4.66. The lowest BCUT2D eigenvalue weighted by atomic mass is 10.1. The van der Waals surface area contributed by atoms with Gasteiger partial charge in [-0.1, -0.05) is 33.6 Å². The highest BCUT2D eigenvalue weighted by Gasteiger charge is 1.90. The molecule has 0 aromatic carbocycles. The summed E-state index contributed by atoms with van der Waals surface area (Å²) in [6, 6.07) is 0. The molecule has 0 spiro atoms. The molecule has 0 aliphatic carbocycles. The van der Waals surface area contributed by atoms with Crippen molar-refractivity contribution < 1.29 is 4.74 Å². The van der Waals surface area contributed by atoms with E-state index in [2.05, 4.69) is 39.5 Å². The Bertz CT molecular complexity index is 148. The second kappa shape index (κ2) is 7.18. The third-order valence-electron chi connectivity index (χ3n) is 1.26. The van der Waals surface area contributed by atoms with Gasteiger partial charge in [0.2, 0.25) is 0 Å². The van der Waals surface area contributed by atoms with Gasteiger partial charge in [-0.15, -0.1) is 5.92 Å². The van der Waals surface area contributed by atoms with Crippen molar-refractivity contribution in [3.63, 3.8) is 0 Å². The van der Waals surface area contributed by atoms with Crippen LogP contribution in [-0.2, 0) is 4.74 Å². The van der Waals surface area contributed by atoms with Crippen LogP contribution in [-0.4, -0.2) is 13.2 Å². The molecule has 0 saturated heterocycles. The van der Waals surface area contributed by atoms with Crippen LogP contribution in [0.1, 0.15) is 34.1 Å². The molecule has 0 N–H and O–H groups in total. The maximum Gasteiger partial charge on any atom is 0.107 e. The van der Waals surface area contributed by atoms with Gasteiger partial charge in [-0.05, 0) is 11.8 Å². The third-order valence-corrected chi connectivity index (χ3v) is 1.26. The summed E-state index contributed by atoms with van der Waals surface area (Å²) in [5.41, 5.74) is 0. The van der Waals surface area contributed by atoms with Crippen molar-refractivity contribution in [1.29, 1.82) is 0 Å². The molecule has 0 aromatic heterocycles. The summed E-state index contributed by atoms with van der Waals surface area (Å²) in [6.07, 6.45) is 0.977. The highest BCUT2D eigenvalue weighted by atomic mass is 16.5. The largest absolute Gasteiger partial charge is 0.369 e. The minimum absolute atomic E-state index is 0.588. The molecule has 0 amide bonds. The van der Waals surface area contributed by atoms with Crippen LogP contribution in [0.2, 0.25) is 0 Å². The molecule has 0 saturated carbocycles. The van der Waals surface area contributed by atoms with Gasteiger partial charge in [0, 0.05) is 6.42 Å². The van der Waals surface area contributed by atoms with Gasteiger partial charge >= 0.3 is 0 Å². The second-order valence-corrected chi connectivity index (χ2v) is 3.86. The Morgan fingerprint density at radius 1 is 1.00 bits per heavy atom. The Balaban J connectivity index is 3.22. The Hall–Kier alpha value is -0.480. The van der Waals surface area contributed by atoms with Crippen LogP contribution in [0.3, 0.4) is 0 Å². The average molecular weight is 168 g/mol. The zero-order valence-electron chi connectivity index (χ0n) is 8.68. The predicted octanol–water partition coefficient (Wildman–Crippen LogP) is 2.71. The van der Waals surface area contributed by atoms with Gasteiger partial charge in [-0.25, -0.2) is 0 Å². The zero-order chi connectivity index (χ0) is 9.40. The van der Waals surface area contributed by atoms with E-state index in [1.54, 1.807) is 0 Å². The van der Waals surface area contributed by atoms with Crippen molar-refractivity contribution in [3.8, 4) is 11.8 Å². The standard InChI is InChI=1S/C11H20O/c1-10(2)7-5-6-8-12-9-11(3)4/h10-11H,7-9H2,1-4H3. The second-order valence-electron chi connectivity index (χ2n) is 3.86. The summed E-state index contributed by atoms with van der Waals surface area (Å²) < 4.78 is 5.30. The molecule has 1 nitrogen and oxygen atoms in total. The van der Waals surface area contributed by atoms with Crippen LogP contribution in [0.4, 0.5) is 0 Å². The lowest BCUT2D eigenvalue weighted by Crippen LogP contribution is -2.01. The van der Waals surface area contributed by atoms with Gasteiger partial charge in [0.1, 0.15) is 6.61 Å². The van der Waals surface area contributed by atoms with Crippen molar-refractivity contribution in [2.24, 2.45) is 11.8 Å². The fourth-order valence-corrected chi connectivity index (χ4v) is 0.673. The van der Waals surface area contributed by atoms with Crippen LogP contribution in [0, 0.1) is 23.7 Å². The van der Waals surface area contributed by atoms with Gasteiger partial charge < -0.3 is 4.74 Å². The first-order valence-electron chi connectivity index (χ1n) is 4.66. The van der Waals surface area contributed by atoms with E-state index in [0.717, 1.165) is 13.0 Å². The first kappa shape index (κ1) is 11.5.